The first-order valence-corrected chi connectivity index (χ1v) is 7.25. The maximum Gasteiger partial charge on any atom is 0.223 e. The van der Waals surface area contributed by atoms with E-state index in [-0.39, 0.29) is 17.1 Å². The van der Waals surface area contributed by atoms with Crippen LogP contribution in [0.25, 0.3) is 5.76 Å². The molecule has 0 amide bonds. The number of allylic oxidation sites excluding steroid dienone is 3. The topological polar surface area (TPSA) is 85.2 Å². The van der Waals surface area contributed by atoms with Crippen molar-refractivity contribution >= 4 is 11.5 Å². The molecule has 1 aliphatic rings. The van der Waals surface area contributed by atoms with Crippen molar-refractivity contribution in [2.45, 2.75) is 11.9 Å². The minimum atomic E-state index is -1.92. The first-order chi connectivity index (χ1) is 11.5. The highest BCUT2D eigenvalue weighted by molar-refractivity contribution is 6.04. The molecule has 24 heavy (non-hydrogen) atoms. The van der Waals surface area contributed by atoms with Gasteiger partial charge in [-0.25, -0.2) is 0 Å². The first kappa shape index (κ1) is 17.9. The smallest absolute Gasteiger partial charge is 0.223 e. The molecule has 0 spiro atoms. The molecule has 2 N–H and O–H groups in total. The molecule has 6 heteroatoms. The molecule has 0 radical (unpaired) electrons. The van der Waals surface area contributed by atoms with Crippen molar-refractivity contribution in [1.29, 1.82) is 0 Å². The van der Waals surface area contributed by atoms with Crippen LogP contribution < -0.4 is 0 Å². The minimum Gasteiger partial charge on any atom is -0.507 e. The molecule has 1 aliphatic carbocycles. The number of methoxy groups -OCH3 is 3. The fourth-order valence-corrected chi connectivity index (χ4v) is 2.43. The summed E-state index contributed by atoms with van der Waals surface area (Å²) in [5.41, 5.74) is 0.769. The van der Waals surface area contributed by atoms with E-state index in [4.69, 9.17) is 14.2 Å². The minimum absolute atomic E-state index is 0.00658. The van der Waals surface area contributed by atoms with Crippen LogP contribution in [0.15, 0.2) is 59.9 Å². The molecule has 1 aromatic rings. The zero-order chi connectivity index (χ0) is 17.7. The van der Waals surface area contributed by atoms with Gasteiger partial charge in [-0.3, -0.25) is 4.79 Å². The molecule has 6 nitrogen and oxygen atoms in total. The molecule has 2 rings (SSSR count). The summed E-state index contributed by atoms with van der Waals surface area (Å²) in [5, 5.41) is 20.5. The normalized spacial score (nSPS) is 26.4. The Balaban J connectivity index is 2.44. The van der Waals surface area contributed by atoms with Gasteiger partial charge in [0.1, 0.15) is 11.5 Å². The Morgan fingerprint density at radius 2 is 1.88 bits per heavy atom. The lowest BCUT2D eigenvalue weighted by atomic mass is 9.90. The number of carbonyl (C=O) groups excluding carboxylic acids is 1. The van der Waals surface area contributed by atoms with E-state index in [2.05, 4.69) is 0 Å². The van der Waals surface area contributed by atoms with Gasteiger partial charge in [0.05, 0.1) is 12.7 Å². The first-order valence-electron chi connectivity index (χ1n) is 7.25. The number of hydrogen-bond acceptors (Lipinski definition) is 6. The average Bonchev–Trinajstić information content (AvgIpc) is 2.61. The van der Waals surface area contributed by atoms with Gasteiger partial charge >= 0.3 is 0 Å². The molecule has 0 saturated heterocycles. The lowest BCUT2D eigenvalue weighted by molar-refractivity contribution is -0.215. The Morgan fingerprint density at radius 1 is 1.21 bits per heavy atom. The summed E-state index contributed by atoms with van der Waals surface area (Å²) in [4.78, 5) is 12.6. The number of benzene rings is 1. The molecule has 2 unspecified atom stereocenters. The molecule has 0 aliphatic heterocycles. The largest absolute Gasteiger partial charge is 0.507 e. The number of hydrogen-bond donors (Lipinski definition) is 2. The third-order valence-corrected chi connectivity index (χ3v) is 3.74. The summed E-state index contributed by atoms with van der Waals surface area (Å²) in [7, 11) is 3.93. The average molecular weight is 332 g/mol. The number of ether oxygens (including phenoxy) is 3. The highest BCUT2D eigenvalue weighted by atomic mass is 16.6. The molecule has 0 aromatic heterocycles. The van der Waals surface area contributed by atoms with Gasteiger partial charge in [-0.15, -0.1) is 0 Å². The lowest BCUT2D eigenvalue weighted by Crippen LogP contribution is -2.52. The second kappa shape index (κ2) is 7.44. The molecule has 1 aromatic carbocycles. The molecule has 0 heterocycles. The van der Waals surface area contributed by atoms with Gasteiger partial charge < -0.3 is 24.4 Å². The molecule has 2 atom stereocenters. The Hall–Kier alpha value is -2.41. The zero-order valence-corrected chi connectivity index (χ0v) is 13.7. The monoisotopic (exact) mass is 332 g/mol. The maximum absolute atomic E-state index is 12.6. The highest BCUT2D eigenvalue weighted by Gasteiger charge is 2.47. The Bertz CT molecular complexity index is 689. The summed E-state index contributed by atoms with van der Waals surface area (Å²) >= 11 is 0. The van der Waals surface area contributed by atoms with E-state index in [1.165, 1.54) is 39.6 Å². The highest BCUT2D eigenvalue weighted by Crippen LogP contribution is 2.31. The van der Waals surface area contributed by atoms with Gasteiger partial charge in [0.25, 0.3) is 0 Å². The second-order valence-electron chi connectivity index (χ2n) is 5.15. The lowest BCUT2D eigenvalue weighted by Gasteiger charge is -2.34. The van der Waals surface area contributed by atoms with Crippen LogP contribution in [0, 0.1) is 0 Å². The number of carbonyl (C=O) groups is 1. The second-order valence-corrected chi connectivity index (χ2v) is 5.15. The van der Waals surface area contributed by atoms with Crippen molar-refractivity contribution in [3.63, 3.8) is 0 Å². The van der Waals surface area contributed by atoms with Crippen LogP contribution in [0.2, 0.25) is 0 Å². The van der Waals surface area contributed by atoms with Crippen LogP contribution in [0.3, 0.4) is 0 Å². The zero-order valence-electron chi connectivity index (χ0n) is 13.7. The van der Waals surface area contributed by atoms with E-state index in [1.54, 1.807) is 24.3 Å². The van der Waals surface area contributed by atoms with Gasteiger partial charge in [-0.1, -0.05) is 30.3 Å². The summed E-state index contributed by atoms with van der Waals surface area (Å²) in [6.07, 6.45) is 2.84. The van der Waals surface area contributed by atoms with E-state index >= 15 is 0 Å². The van der Waals surface area contributed by atoms with Crippen LogP contribution in [0.1, 0.15) is 5.56 Å². The maximum atomic E-state index is 12.6. The Labute approximate surface area is 140 Å². The molecule has 0 saturated carbocycles. The number of ketones is 1. The van der Waals surface area contributed by atoms with Gasteiger partial charge in [0.2, 0.25) is 11.6 Å². The molecular formula is C18H20O6. The van der Waals surface area contributed by atoms with Crippen LogP contribution in [-0.2, 0) is 19.0 Å². The van der Waals surface area contributed by atoms with Crippen LogP contribution in [0.5, 0.6) is 0 Å². The standard InChI is InChI=1S/C18H20O6/c1-22-15-11-18(21,24-3)17(23-2)16(20)13(15)9-10-14(19)12-7-5-4-6-8-12/h4-11,17,19,21H,1-3H3. The summed E-state index contributed by atoms with van der Waals surface area (Å²) < 4.78 is 15.2. The summed E-state index contributed by atoms with van der Waals surface area (Å²) in [6, 6.07) is 8.89. The van der Waals surface area contributed by atoms with Crippen molar-refractivity contribution in [3.8, 4) is 0 Å². The Morgan fingerprint density at radius 3 is 2.42 bits per heavy atom. The van der Waals surface area contributed by atoms with Gasteiger partial charge in [-0.2, -0.15) is 0 Å². The van der Waals surface area contributed by atoms with E-state index in [0.29, 0.717) is 5.56 Å². The quantitative estimate of drug-likeness (QED) is 0.487. The van der Waals surface area contributed by atoms with Gasteiger partial charge in [0, 0.05) is 25.9 Å². The fourth-order valence-electron chi connectivity index (χ4n) is 2.43. The third kappa shape index (κ3) is 3.41. The van der Waals surface area contributed by atoms with Crippen LogP contribution in [0.4, 0.5) is 0 Å². The number of aliphatic hydroxyl groups is 2. The van der Waals surface area contributed by atoms with Crippen molar-refractivity contribution in [2.75, 3.05) is 21.3 Å². The SMILES string of the molecule is COC1=CC(O)(OC)C(OC)C(=O)C1=CC=C(O)c1ccccc1. The van der Waals surface area contributed by atoms with E-state index in [1.807, 2.05) is 6.07 Å². The predicted molar refractivity (Wildman–Crippen MR) is 88.0 cm³/mol. The van der Waals surface area contributed by atoms with Crippen LogP contribution in [-0.4, -0.2) is 49.2 Å². The molecule has 0 fully saturated rings. The van der Waals surface area contributed by atoms with Crippen molar-refractivity contribution in [2.24, 2.45) is 0 Å². The van der Waals surface area contributed by atoms with E-state index in [9.17, 15) is 15.0 Å². The molecular weight excluding hydrogens is 312 g/mol. The summed E-state index contributed by atoms with van der Waals surface area (Å²) in [5.74, 6) is -2.30. The number of Topliss-reactive ketones (excluding diaryl/α,β-unsaturated/α-hetero) is 1. The van der Waals surface area contributed by atoms with Gasteiger partial charge in [0.15, 0.2) is 6.10 Å². The molecule has 0 bridgehead atoms. The molecule has 128 valence electrons. The van der Waals surface area contributed by atoms with Gasteiger partial charge in [-0.05, 0) is 12.2 Å². The predicted octanol–water partition coefficient (Wildman–Crippen LogP) is 1.97. The Kier molecular flexibility index (Phi) is 5.56. The summed E-state index contributed by atoms with van der Waals surface area (Å²) in [6.45, 7) is 0. The van der Waals surface area contributed by atoms with Crippen LogP contribution >= 0.6 is 0 Å². The number of rotatable bonds is 5. The van der Waals surface area contributed by atoms with E-state index in [0.717, 1.165) is 0 Å². The third-order valence-electron chi connectivity index (χ3n) is 3.74. The van der Waals surface area contributed by atoms with Crippen molar-refractivity contribution in [3.05, 3.63) is 65.5 Å². The number of aliphatic hydroxyl groups excluding tert-OH is 1. The fraction of sp³-hybridized carbons (Fsp3) is 0.278. The van der Waals surface area contributed by atoms with Crippen molar-refractivity contribution in [1.82, 2.24) is 0 Å². The van der Waals surface area contributed by atoms with Crippen molar-refractivity contribution < 1.29 is 29.2 Å². The van der Waals surface area contributed by atoms with E-state index < -0.39 is 17.7 Å².